The van der Waals surface area contributed by atoms with Crippen molar-refractivity contribution in [1.29, 1.82) is 0 Å². The predicted molar refractivity (Wildman–Crippen MR) is 73.3 cm³/mol. The van der Waals surface area contributed by atoms with Crippen molar-refractivity contribution in [2.45, 2.75) is 27.2 Å². The van der Waals surface area contributed by atoms with Gasteiger partial charge in [0.05, 0.1) is 6.61 Å². The molecule has 0 aromatic heterocycles. The first kappa shape index (κ1) is 15.8. The number of allylic oxidation sites excluding steroid dienone is 1. The minimum atomic E-state index is -0.436. The van der Waals surface area contributed by atoms with Gasteiger partial charge in [-0.05, 0) is 19.8 Å². The molecule has 1 unspecified atom stereocenters. The van der Waals surface area contributed by atoms with E-state index in [1.807, 2.05) is 0 Å². The molecule has 1 heterocycles. The number of hydrogen-bond acceptors (Lipinski definition) is 5. The van der Waals surface area contributed by atoms with Gasteiger partial charge in [0.25, 0.3) is 0 Å². The average Bonchev–Trinajstić information content (AvgIpc) is 2.68. The van der Waals surface area contributed by atoms with Crippen LogP contribution in [0.2, 0.25) is 0 Å². The van der Waals surface area contributed by atoms with Crippen molar-refractivity contribution < 1.29 is 19.1 Å². The van der Waals surface area contributed by atoms with Crippen LogP contribution in [0.3, 0.4) is 0 Å². The molecule has 5 nitrogen and oxygen atoms in total. The summed E-state index contributed by atoms with van der Waals surface area (Å²) in [6.07, 6.45) is 1.76. The van der Waals surface area contributed by atoms with Crippen molar-refractivity contribution in [3.8, 4) is 0 Å². The van der Waals surface area contributed by atoms with Gasteiger partial charge in [0.15, 0.2) is 5.12 Å². The number of likely N-dealkylation sites (tertiary alicyclic amines) is 1. The zero-order chi connectivity index (χ0) is 14.4. The van der Waals surface area contributed by atoms with Gasteiger partial charge in [-0.25, -0.2) is 4.79 Å². The van der Waals surface area contributed by atoms with E-state index >= 15 is 0 Å². The van der Waals surface area contributed by atoms with Gasteiger partial charge < -0.3 is 9.64 Å². The van der Waals surface area contributed by atoms with Crippen molar-refractivity contribution in [1.82, 2.24) is 4.90 Å². The molecule has 0 bridgehead atoms. The van der Waals surface area contributed by atoms with Crippen LogP contribution in [0.15, 0.2) is 11.8 Å². The molecule has 0 spiro atoms. The summed E-state index contributed by atoms with van der Waals surface area (Å²) < 4.78 is 4.81. The lowest BCUT2D eigenvalue weighted by atomic mass is 10.1. The summed E-state index contributed by atoms with van der Waals surface area (Å²) in [4.78, 5) is 35.7. The second-order valence-electron chi connectivity index (χ2n) is 4.41. The monoisotopic (exact) mass is 285 g/mol. The van der Waals surface area contributed by atoms with Crippen LogP contribution in [0.1, 0.15) is 27.2 Å². The van der Waals surface area contributed by atoms with Crippen molar-refractivity contribution in [3.05, 3.63) is 11.8 Å². The number of nitrogens with zero attached hydrogens (tertiary/aromatic N) is 1. The van der Waals surface area contributed by atoms with Crippen molar-refractivity contribution >= 4 is 28.8 Å². The number of thioether (sulfide) groups is 1. The van der Waals surface area contributed by atoms with Crippen LogP contribution in [-0.2, 0) is 19.1 Å². The summed E-state index contributed by atoms with van der Waals surface area (Å²) in [7, 11) is 0. The molecule has 0 N–H and O–H groups in total. The molecular formula is C13H19NO4S. The first-order valence-electron chi connectivity index (χ1n) is 6.22. The molecule has 0 aromatic carbocycles. The predicted octanol–water partition coefficient (Wildman–Crippen LogP) is 1.58. The number of rotatable bonds is 5. The first-order chi connectivity index (χ1) is 8.93. The Bertz CT molecular complexity index is 405. The Hall–Kier alpha value is -1.30. The zero-order valence-electron chi connectivity index (χ0n) is 11.5. The fraction of sp³-hybridized carbons (Fsp3) is 0.615. The van der Waals surface area contributed by atoms with Gasteiger partial charge >= 0.3 is 5.97 Å². The lowest BCUT2D eigenvalue weighted by Crippen LogP contribution is -2.24. The van der Waals surface area contributed by atoms with Gasteiger partial charge in [-0.3, -0.25) is 9.59 Å². The number of carbonyl (C=O) groups excluding carboxylic acids is 3. The summed E-state index contributed by atoms with van der Waals surface area (Å²) >= 11 is 1.24. The number of esters is 1. The van der Waals surface area contributed by atoms with E-state index in [0.717, 1.165) is 0 Å². The Morgan fingerprint density at radius 2 is 2.16 bits per heavy atom. The summed E-state index contributed by atoms with van der Waals surface area (Å²) in [6.45, 7) is 5.84. The average molecular weight is 285 g/mol. The standard InChI is InChI=1S/C13H19NO4S/c1-4-18-13(17)5-9(2)14-7-11(6-12(14)16)8-19-10(3)15/h5,11H,4,6-8H2,1-3H3. The molecular weight excluding hydrogens is 266 g/mol. The van der Waals surface area contributed by atoms with Gasteiger partial charge in [0.2, 0.25) is 5.91 Å². The lowest BCUT2D eigenvalue weighted by Gasteiger charge is -2.16. The summed E-state index contributed by atoms with van der Waals surface area (Å²) in [6, 6.07) is 0. The van der Waals surface area contributed by atoms with Gasteiger partial charge in [0, 0.05) is 37.4 Å². The minimum absolute atomic E-state index is 0.00722. The van der Waals surface area contributed by atoms with E-state index in [9.17, 15) is 14.4 Å². The topological polar surface area (TPSA) is 63.7 Å². The molecule has 1 fully saturated rings. The number of ether oxygens (including phenoxy) is 1. The lowest BCUT2D eigenvalue weighted by molar-refractivity contribution is -0.137. The summed E-state index contributed by atoms with van der Waals surface area (Å²) in [5.41, 5.74) is 0.596. The van der Waals surface area contributed by atoms with Crippen molar-refractivity contribution in [3.63, 3.8) is 0 Å². The highest BCUT2D eigenvalue weighted by molar-refractivity contribution is 8.13. The smallest absolute Gasteiger partial charge is 0.332 e. The van der Waals surface area contributed by atoms with E-state index in [2.05, 4.69) is 0 Å². The molecule has 106 valence electrons. The van der Waals surface area contributed by atoms with E-state index in [4.69, 9.17) is 4.74 Å². The van der Waals surface area contributed by atoms with Gasteiger partial charge in [0.1, 0.15) is 0 Å². The second-order valence-corrected chi connectivity index (χ2v) is 5.61. The molecule has 1 aliphatic rings. The molecule has 1 rings (SSSR count). The van der Waals surface area contributed by atoms with E-state index in [1.165, 1.54) is 24.8 Å². The van der Waals surface area contributed by atoms with Gasteiger partial charge in [-0.1, -0.05) is 11.8 Å². The molecule has 1 atom stereocenters. The summed E-state index contributed by atoms with van der Waals surface area (Å²) in [5, 5.41) is 0.0599. The third kappa shape index (κ3) is 5.06. The molecule has 19 heavy (non-hydrogen) atoms. The fourth-order valence-electron chi connectivity index (χ4n) is 1.90. The summed E-state index contributed by atoms with van der Waals surface area (Å²) in [5.74, 6) is 0.359. The molecule has 1 saturated heterocycles. The van der Waals surface area contributed by atoms with Crippen molar-refractivity contribution in [2.24, 2.45) is 5.92 Å². The van der Waals surface area contributed by atoms with Gasteiger partial charge in [-0.2, -0.15) is 0 Å². The van der Waals surface area contributed by atoms with Crippen LogP contribution in [0, 0.1) is 5.92 Å². The maximum Gasteiger partial charge on any atom is 0.332 e. The normalized spacial score (nSPS) is 19.7. The van der Waals surface area contributed by atoms with Crippen LogP contribution < -0.4 is 0 Å². The Morgan fingerprint density at radius 3 is 2.74 bits per heavy atom. The molecule has 1 amide bonds. The third-order valence-electron chi connectivity index (χ3n) is 2.77. The van der Waals surface area contributed by atoms with Gasteiger partial charge in [-0.15, -0.1) is 0 Å². The largest absolute Gasteiger partial charge is 0.463 e. The number of carbonyl (C=O) groups is 3. The Labute approximate surface area is 117 Å². The maximum atomic E-state index is 11.8. The minimum Gasteiger partial charge on any atom is -0.463 e. The van der Waals surface area contributed by atoms with E-state index in [-0.39, 0.29) is 16.9 Å². The van der Waals surface area contributed by atoms with Crippen LogP contribution >= 0.6 is 11.8 Å². The van der Waals surface area contributed by atoms with Crippen LogP contribution in [0.4, 0.5) is 0 Å². The Morgan fingerprint density at radius 1 is 1.47 bits per heavy atom. The van der Waals surface area contributed by atoms with E-state index in [0.29, 0.717) is 31.0 Å². The molecule has 0 aliphatic carbocycles. The molecule has 1 aliphatic heterocycles. The quantitative estimate of drug-likeness (QED) is 0.567. The first-order valence-corrected chi connectivity index (χ1v) is 7.21. The van der Waals surface area contributed by atoms with E-state index < -0.39 is 5.97 Å². The second kappa shape index (κ2) is 7.33. The third-order valence-corrected chi connectivity index (χ3v) is 3.81. The SMILES string of the molecule is CCOC(=O)C=C(C)N1CC(CSC(C)=O)CC1=O. The maximum absolute atomic E-state index is 11.8. The highest BCUT2D eigenvalue weighted by Crippen LogP contribution is 2.25. The molecule has 0 saturated carbocycles. The van der Waals surface area contributed by atoms with E-state index in [1.54, 1.807) is 18.7 Å². The highest BCUT2D eigenvalue weighted by Gasteiger charge is 2.30. The molecule has 0 radical (unpaired) electrons. The zero-order valence-corrected chi connectivity index (χ0v) is 12.3. The fourth-order valence-corrected chi connectivity index (χ4v) is 2.60. The van der Waals surface area contributed by atoms with Crippen LogP contribution in [0.25, 0.3) is 0 Å². The molecule has 6 heteroatoms. The molecule has 0 aromatic rings. The highest BCUT2D eigenvalue weighted by atomic mass is 32.2. The Balaban J connectivity index is 2.57. The Kier molecular flexibility index (Phi) is 6.08. The number of hydrogen-bond donors (Lipinski definition) is 0. The van der Waals surface area contributed by atoms with Crippen LogP contribution in [-0.4, -0.2) is 40.8 Å². The number of amides is 1. The van der Waals surface area contributed by atoms with Crippen molar-refractivity contribution in [2.75, 3.05) is 18.9 Å². The van der Waals surface area contributed by atoms with Crippen LogP contribution in [0.5, 0.6) is 0 Å².